The fourth-order valence-electron chi connectivity index (χ4n) is 1.86. The van der Waals surface area contributed by atoms with Crippen molar-refractivity contribution in [2.45, 2.75) is 56.9 Å². The molecular weight excluding hydrogens is 254 g/mol. The summed E-state index contributed by atoms with van der Waals surface area (Å²) in [5.41, 5.74) is 2.72. The van der Waals surface area contributed by atoms with Gasteiger partial charge in [0.25, 0.3) is 0 Å². The number of hydrogen-bond acceptors (Lipinski definition) is 2. The van der Waals surface area contributed by atoms with Gasteiger partial charge in [-0.1, -0.05) is 32.9 Å². The lowest BCUT2D eigenvalue weighted by atomic mass is 9.87. The van der Waals surface area contributed by atoms with E-state index < -0.39 is 0 Å². The number of aryl methyl sites for hydroxylation is 1. The highest BCUT2D eigenvalue weighted by atomic mass is 32.2. The Balaban J connectivity index is 2.00. The summed E-state index contributed by atoms with van der Waals surface area (Å²) in [5, 5.41) is 3.03. The topological polar surface area (TPSA) is 29.1 Å². The first-order chi connectivity index (χ1) is 8.86. The lowest BCUT2D eigenvalue weighted by Gasteiger charge is -2.20. The Bertz CT molecular complexity index is 472. The van der Waals surface area contributed by atoms with E-state index >= 15 is 0 Å². The van der Waals surface area contributed by atoms with Gasteiger partial charge < -0.3 is 5.32 Å². The summed E-state index contributed by atoms with van der Waals surface area (Å²) < 4.78 is 0. The van der Waals surface area contributed by atoms with Gasteiger partial charge in [-0.2, -0.15) is 0 Å². The zero-order valence-electron chi connectivity index (χ0n) is 12.2. The number of nitrogens with one attached hydrogen (secondary N) is 1. The van der Waals surface area contributed by atoms with Crippen LogP contribution < -0.4 is 5.32 Å². The van der Waals surface area contributed by atoms with Gasteiger partial charge in [-0.05, 0) is 42.4 Å². The van der Waals surface area contributed by atoms with Gasteiger partial charge >= 0.3 is 0 Å². The van der Waals surface area contributed by atoms with Crippen LogP contribution in [0.2, 0.25) is 0 Å². The second-order valence-electron chi connectivity index (χ2n) is 6.36. The van der Waals surface area contributed by atoms with E-state index in [0.29, 0.717) is 11.8 Å². The molecule has 3 heteroatoms. The van der Waals surface area contributed by atoms with Gasteiger partial charge in [0.15, 0.2) is 0 Å². The highest BCUT2D eigenvalue weighted by Crippen LogP contribution is 2.29. The van der Waals surface area contributed by atoms with Gasteiger partial charge in [0.05, 0.1) is 5.75 Å². The van der Waals surface area contributed by atoms with E-state index in [1.54, 1.807) is 11.8 Å². The van der Waals surface area contributed by atoms with E-state index in [1.807, 2.05) is 0 Å². The van der Waals surface area contributed by atoms with Crippen LogP contribution in [0.3, 0.4) is 0 Å². The Hall–Kier alpha value is -0.960. The van der Waals surface area contributed by atoms with Gasteiger partial charge in [0.2, 0.25) is 5.91 Å². The molecule has 1 fully saturated rings. The van der Waals surface area contributed by atoms with Crippen molar-refractivity contribution in [2.24, 2.45) is 0 Å². The van der Waals surface area contributed by atoms with Crippen LogP contribution in [0.1, 0.15) is 44.7 Å². The summed E-state index contributed by atoms with van der Waals surface area (Å²) in [5.74, 6) is 0.679. The minimum absolute atomic E-state index is 0.152. The fourth-order valence-corrected chi connectivity index (χ4v) is 2.74. The number of rotatable bonds is 4. The van der Waals surface area contributed by atoms with Crippen molar-refractivity contribution in [2.75, 3.05) is 5.75 Å². The summed E-state index contributed by atoms with van der Waals surface area (Å²) in [6, 6.07) is 7.02. The molecule has 19 heavy (non-hydrogen) atoms. The molecule has 1 N–H and O–H groups in total. The molecule has 0 unspecified atom stereocenters. The molecule has 1 amide bonds. The van der Waals surface area contributed by atoms with E-state index in [0.717, 1.165) is 12.8 Å². The van der Waals surface area contributed by atoms with Gasteiger partial charge in [-0.25, -0.2) is 0 Å². The summed E-state index contributed by atoms with van der Waals surface area (Å²) in [6.45, 7) is 8.75. The largest absolute Gasteiger partial charge is 0.353 e. The first-order valence-corrected chi connectivity index (χ1v) is 7.88. The van der Waals surface area contributed by atoms with E-state index in [1.165, 1.54) is 16.0 Å². The first kappa shape index (κ1) is 14.4. The molecule has 1 saturated carbocycles. The van der Waals surface area contributed by atoms with Crippen molar-refractivity contribution in [3.05, 3.63) is 29.3 Å². The zero-order valence-corrected chi connectivity index (χ0v) is 13.1. The van der Waals surface area contributed by atoms with Crippen molar-refractivity contribution < 1.29 is 4.79 Å². The Morgan fingerprint density at radius 3 is 2.63 bits per heavy atom. The third-order valence-electron chi connectivity index (χ3n) is 3.36. The number of benzene rings is 1. The molecule has 0 bridgehead atoms. The minimum Gasteiger partial charge on any atom is -0.353 e. The lowest BCUT2D eigenvalue weighted by molar-refractivity contribution is -0.118. The Morgan fingerprint density at radius 1 is 1.37 bits per heavy atom. The third-order valence-corrected chi connectivity index (χ3v) is 4.51. The van der Waals surface area contributed by atoms with Gasteiger partial charge in [0.1, 0.15) is 0 Å². The quantitative estimate of drug-likeness (QED) is 0.851. The van der Waals surface area contributed by atoms with E-state index in [-0.39, 0.29) is 11.3 Å². The summed E-state index contributed by atoms with van der Waals surface area (Å²) >= 11 is 1.64. The predicted octanol–water partition coefficient (Wildman–Crippen LogP) is 3.66. The van der Waals surface area contributed by atoms with E-state index in [2.05, 4.69) is 51.2 Å². The SMILES string of the molecule is Cc1ccc(C(C)(C)C)cc1SCC(=O)NC1CC1. The second-order valence-corrected chi connectivity index (χ2v) is 7.38. The van der Waals surface area contributed by atoms with Crippen molar-refractivity contribution >= 4 is 17.7 Å². The van der Waals surface area contributed by atoms with Gasteiger partial charge in [-0.15, -0.1) is 11.8 Å². The van der Waals surface area contributed by atoms with Crippen molar-refractivity contribution in [3.63, 3.8) is 0 Å². The summed E-state index contributed by atoms with van der Waals surface area (Å²) in [6.07, 6.45) is 2.30. The molecule has 0 radical (unpaired) electrons. The van der Waals surface area contributed by atoms with Crippen molar-refractivity contribution in [3.8, 4) is 0 Å². The monoisotopic (exact) mass is 277 g/mol. The molecule has 1 aliphatic carbocycles. The molecule has 0 aliphatic heterocycles. The highest BCUT2D eigenvalue weighted by Gasteiger charge is 2.23. The predicted molar refractivity (Wildman–Crippen MR) is 81.8 cm³/mol. The molecule has 1 aromatic carbocycles. The molecule has 0 saturated heterocycles. The van der Waals surface area contributed by atoms with Crippen LogP contribution in [0, 0.1) is 6.92 Å². The highest BCUT2D eigenvalue weighted by molar-refractivity contribution is 8.00. The zero-order chi connectivity index (χ0) is 14.0. The Morgan fingerprint density at radius 2 is 2.05 bits per heavy atom. The molecule has 0 atom stereocenters. The van der Waals surface area contributed by atoms with E-state index in [9.17, 15) is 4.79 Å². The molecule has 0 heterocycles. The van der Waals surface area contributed by atoms with Crippen LogP contribution in [0.25, 0.3) is 0 Å². The maximum absolute atomic E-state index is 11.7. The molecule has 2 nitrogen and oxygen atoms in total. The van der Waals surface area contributed by atoms with Crippen LogP contribution >= 0.6 is 11.8 Å². The standard InChI is InChI=1S/C16H23NOS/c1-11-5-6-12(16(2,3)4)9-14(11)19-10-15(18)17-13-7-8-13/h5-6,9,13H,7-8,10H2,1-4H3,(H,17,18). The van der Waals surface area contributed by atoms with Crippen LogP contribution in [0.15, 0.2) is 23.1 Å². The maximum atomic E-state index is 11.7. The van der Waals surface area contributed by atoms with Crippen LogP contribution in [-0.4, -0.2) is 17.7 Å². The van der Waals surface area contributed by atoms with Crippen LogP contribution in [0.4, 0.5) is 0 Å². The smallest absolute Gasteiger partial charge is 0.230 e. The fraction of sp³-hybridized carbons (Fsp3) is 0.562. The number of amides is 1. The molecule has 1 aromatic rings. The average Bonchev–Trinajstić information content (AvgIpc) is 3.10. The molecule has 0 aromatic heterocycles. The van der Waals surface area contributed by atoms with Gasteiger partial charge in [0, 0.05) is 10.9 Å². The second kappa shape index (κ2) is 5.58. The van der Waals surface area contributed by atoms with E-state index in [4.69, 9.17) is 0 Å². The molecule has 2 rings (SSSR count). The molecule has 0 spiro atoms. The number of thioether (sulfide) groups is 1. The number of carbonyl (C=O) groups is 1. The molecule has 104 valence electrons. The maximum Gasteiger partial charge on any atom is 0.230 e. The van der Waals surface area contributed by atoms with Crippen molar-refractivity contribution in [1.29, 1.82) is 0 Å². The van der Waals surface area contributed by atoms with Crippen molar-refractivity contribution in [1.82, 2.24) is 5.32 Å². The van der Waals surface area contributed by atoms with Crippen LogP contribution in [0.5, 0.6) is 0 Å². The Kier molecular flexibility index (Phi) is 4.24. The summed E-state index contributed by atoms with van der Waals surface area (Å²) in [7, 11) is 0. The third kappa shape index (κ3) is 4.27. The molecular formula is C16H23NOS. The first-order valence-electron chi connectivity index (χ1n) is 6.89. The Labute approximate surface area is 120 Å². The van der Waals surface area contributed by atoms with Gasteiger partial charge in [-0.3, -0.25) is 4.79 Å². The summed E-state index contributed by atoms with van der Waals surface area (Å²) in [4.78, 5) is 12.9. The lowest BCUT2D eigenvalue weighted by Crippen LogP contribution is -2.27. The number of hydrogen-bond donors (Lipinski definition) is 1. The average molecular weight is 277 g/mol. The molecule has 1 aliphatic rings. The number of carbonyl (C=O) groups excluding carboxylic acids is 1. The van der Waals surface area contributed by atoms with Crippen LogP contribution in [-0.2, 0) is 10.2 Å². The normalized spacial score (nSPS) is 15.4. The minimum atomic E-state index is 0.152.